The van der Waals surface area contributed by atoms with Crippen LogP contribution in [0.15, 0.2) is 24.3 Å². The van der Waals surface area contributed by atoms with E-state index in [2.05, 4.69) is 5.32 Å². The maximum Gasteiger partial charge on any atom is 0.253 e. The molecule has 0 spiro atoms. The maximum absolute atomic E-state index is 12.4. The molecule has 0 aromatic heterocycles. The zero-order valence-electron chi connectivity index (χ0n) is 13.7. The molecule has 130 valence electrons. The average Bonchev–Trinajstić information content (AvgIpc) is 2.65. The van der Waals surface area contributed by atoms with E-state index in [0.717, 1.165) is 0 Å². The largest absolute Gasteiger partial charge is 0.497 e. The Hall–Kier alpha value is -2.61. The number of methoxy groups -OCH3 is 1. The third kappa shape index (κ3) is 4.45. The monoisotopic (exact) mass is 334 g/mol. The van der Waals surface area contributed by atoms with Crippen molar-refractivity contribution in [2.45, 2.75) is 0 Å². The Morgan fingerprint density at radius 2 is 1.67 bits per heavy atom. The van der Waals surface area contributed by atoms with Gasteiger partial charge in [0.15, 0.2) is 0 Å². The Bertz CT molecular complexity index is 595. The Morgan fingerprint density at radius 1 is 1.08 bits per heavy atom. The molecule has 0 unspecified atom stereocenters. The molecule has 1 aromatic rings. The van der Waals surface area contributed by atoms with Crippen molar-refractivity contribution < 1.29 is 19.1 Å². The fraction of sp³-hybridized carbons (Fsp3) is 0.438. The number of nitrogens with one attached hydrogen (secondary N) is 1. The van der Waals surface area contributed by atoms with Gasteiger partial charge in [-0.05, 0) is 24.3 Å². The Balaban J connectivity index is 1.84. The van der Waals surface area contributed by atoms with Crippen molar-refractivity contribution in [2.24, 2.45) is 5.73 Å². The minimum absolute atomic E-state index is 0.0670. The molecule has 3 N–H and O–H groups in total. The lowest BCUT2D eigenvalue weighted by atomic mass is 10.1. The van der Waals surface area contributed by atoms with E-state index in [1.54, 1.807) is 41.2 Å². The van der Waals surface area contributed by atoms with Gasteiger partial charge in [0, 0.05) is 31.7 Å². The van der Waals surface area contributed by atoms with Gasteiger partial charge in [-0.1, -0.05) is 0 Å². The number of carbonyl (C=O) groups is 3. The van der Waals surface area contributed by atoms with Crippen LogP contribution in [0.25, 0.3) is 0 Å². The summed E-state index contributed by atoms with van der Waals surface area (Å²) in [6.45, 7) is 1.60. The average molecular weight is 334 g/mol. The molecule has 8 heteroatoms. The first-order valence-corrected chi connectivity index (χ1v) is 7.73. The van der Waals surface area contributed by atoms with Gasteiger partial charge < -0.3 is 25.6 Å². The normalized spacial score (nSPS) is 14.2. The van der Waals surface area contributed by atoms with E-state index in [0.29, 0.717) is 37.5 Å². The molecule has 1 aliphatic rings. The van der Waals surface area contributed by atoms with Crippen molar-refractivity contribution in [3.63, 3.8) is 0 Å². The fourth-order valence-electron chi connectivity index (χ4n) is 2.43. The Kier molecular flexibility index (Phi) is 6.14. The quantitative estimate of drug-likeness (QED) is 0.723. The number of hydrogen-bond donors (Lipinski definition) is 2. The molecule has 0 saturated carbocycles. The minimum atomic E-state index is -0.364. The van der Waals surface area contributed by atoms with E-state index in [4.69, 9.17) is 10.5 Å². The van der Waals surface area contributed by atoms with Crippen LogP contribution in [-0.2, 0) is 9.59 Å². The van der Waals surface area contributed by atoms with E-state index in [9.17, 15) is 14.4 Å². The second-order valence-corrected chi connectivity index (χ2v) is 5.38. The van der Waals surface area contributed by atoms with Crippen LogP contribution in [0.5, 0.6) is 5.75 Å². The molecule has 1 aliphatic heterocycles. The first-order chi connectivity index (χ1) is 11.5. The second-order valence-electron chi connectivity index (χ2n) is 5.38. The third-order valence-corrected chi connectivity index (χ3v) is 3.88. The molecule has 1 fully saturated rings. The van der Waals surface area contributed by atoms with Crippen LogP contribution in [0.3, 0.4) is 0 Å². The van der Waals surface area contributed by atoms with Crippen LogP contribution in [0.2, 0.25) is 0 Å². The molecular weight excluding hydrogens is 312 g/mol. The topological polar surface area (TPSA) is 105 Å². The summed E-state index contributed by atoms with van der Waals surface area (Å²) in [4.78, 5) is 38.8. The van der Waals surface area contributed by atoms with Crippen molar-refractivity contribution in [1.82, 2.24) is 15.1 Å². The zero-order valence-corrected chi connectivity index (χ0v) is 13.7. The van der Waals surface area contributed by atoms with Gasteiger partial charge in [0.05, 0.1) is 20.2 Å². The van der Waals surface area contributed by atoms with Crippen LogP contribution >= 0.6 is 0 Å². The van der Waals surface area contributed by atoms with Crippen LogP contribution in [0.4, 0.5) is 0 Å². The van der Waals surface area contributed by atoms with E-state index in [1.165, 1.54) is 0 Å². The molecule has 1 heterocycles. The van der Waals surface area contributed by atoms with Crippen LogP contribution in [0, 0.1) is 0 Å². The smallest absolute Gasteiger partial charge is 0.253 e. The lowest BCUT2D eigenvalue weighted by Gasteiger charge is -2.34. The third-order valence-electron chi connectivity index (χ3n) is 3.88. The van der Waals surface area contributed by atoms with Gasteiger partial charge in [-0.25, -0.2) is 0 Å². The highest BCUT2D eigenvalue weighted by Crippen LogP contribution is 2.14. The highest BCUT2D eigenvalue weighted by molar-refractivity contribution is 5.94. The number of piperazine rings is 1. The number of nitrogens with two attached hydrogens (primary N) is 1. The fourth-order valence-corrected chi connectivity index (χ4v) is 2.43. The van der Waals surface area contributed by atoms with Crippen molar-refractivity contribution >= 4 is 17.7 Å². The number of rotatable bonds is 5. The first-order valence-electron chi connectivity index (χ1n) is 7.73. The molecular formula is C16H22N4O4. The number of amides is 3. The first kappa shape index (κ1) is 17.7. The lowest BCUT2D eigenvalue weighted by molar-refractivity contribution is -0.133. The summed E-state index contributed by atoms with van der Waals surface area (Å²) >= 11 is 0. The van der Waals surface area contributed by atoms with Crippen molar-refractivity contribution in [2.75, 3.05) is 46.4 Å². The van der Waals surface area contributed by atoms with Crippen LogP contribution < -0.4 is 15.8 Å². The second kappa shape index (κ2) is 8.30. The zero-order chi connectivity index (χ0) is 17.5. The molecule has 0 aliphatic carbocycles. The highest BCUT2D eigenvalue weighted by atomic mass is 16.5. The molecule has 3 amide bonds. The number of carbonyl (C=O) groups excluding carboxylic acids is 3. The number of hydrogen-bond acceptors (Lipinski definition) is 5. The Morgan fingerprint density at radius 3 is 2.21 bits per heavy atom. The summed E-state index contributed by atoms with van der Waals surface area (Å²) in [7, 11) is 1.57. The summed E-state index contributed by atoms with van der Waals surface area (Å²) < 4.78 is 5.08. The number of ether oxygens (including phenoxy) is 1. The molecule has 0 radical (unpaired) electrons. The van der Waals surface area contributed by atoms with Gasteiger partial charge in [0.2, 0.25) is 11.8 Å². The number of benzene rings is 1. The van der Waals surface area contributed by atoms with Crippen LogP contribution in [0.1, 0.15) is 10.4 Å². The van der Waals surface area contributed by atoms with Crippen molar-refractivity contribution in [1.29, 1.82) is 0 Å². The maximum atomic E-state index is 12.4. The molecule has 0 bridgehead atoms. The van der Waals surface area contributed by atoms with E-state index >= 15 is 0 Å². The predicted molar refractivity (Wildman–Crippen MR) is 87.5 cm³/mol. The molecule has 8 nitrogen and oxygen atoms in total. The van der Waals surface area contributed by atoms with E-state index in [1.807, 2.05) is 0 Å². The summed E-state index contributed by atoms with van der Waals surface area (Å²) in [5.74, 6) is 0.0905. The molecule has 0 atom stereocenters. The van der Waals surface area contributed by atoms with Crippen molar-refractivity contribution in [3.8, 4) is 5.75 Å². The van der Waals surface area contributed by atoms with E-state index in [-0.39, 0.29) is 30.8 Å². The molecule has 1 aromatic carbocycles. The van der Waals surface area contributed by atoms with Gasteiger partial charge in [-0.3, -0.25) is 14.4 Å². The SMILES string of the molecule is COc1ccc(C(=O)N2CCN(C(=O)CNC(=O)CN)CC2)cc1. The van der Waals surface area contributed by atoms with E-state index < -0.39 is 0 Å². The minimum Gasteiger partial charge on any atom is -0.497 e. The van der Waals surface area contributed by atoms with Gasteiger partial charge in [-0.2, -0.15) is 0 Å². The van der Waals surface area contributed by atoms with Gasteiger partial charge in [-0.15, -0.1) is 0 Å². The van der Waals surface area contributed by atoms with Crippen molar-refractivity contribution in [3.05, 3.63) is 29.8 Å². The highest BCUT2D eigenvalue weighted by Gasteiger charge is 2.24. The summed E-state index contributed by atoms with van der Waals surface area (Å²) in [6, 6.07) is 6.93. The standard InChI is InChI=1S/C16H22N4O4/c1-24-13-4-2-12(3-5-13)16(23)20-8-6-19(7-9-20)15(22)11-18-14(21)10-17/h2-5H,6-11,17H2,1H3,(H,18,21). The Labute approximate surface area is 140 Å². The molecule has 1 saturated heterocycles. The predicted octanol–water partition coefficient (Wildman–Crippen LogP) is -0.945. The molecule has 2 rings (SSSR count). The summed E-state index contributed by atoms with van der Waals surface area (Å²) in [5.41, 5.74) is 5.76. The van der Waals surface area contributed by atoms with Crippen LogP contribution in [-0.4, -0.2) is 73.9 Å². The van der Waals surface area contributed by atoms with Gasteiger partial charge >= 0.3 is 0 Å². The van der Waals surface area contributed by atoms with Gasteiger partial charge in [0.25, 0.3) is 5.91 Å². The lowest BCUT2D eigenvalue weighted by Crippen LogP contribution is -2.52. The summed E-state index contributed by atoms with van der Waals surface area (Å²) in [6.07, 6.45) is 0. The van der Waals surface area contributed by atoms with Gasteiger partial charge in [0.1, 0.15) is 5.75 Å². The summed E-state index contributed by atoms with van der Waals surface area (Å²) in [5, 5.41) is 2.45. The number of nitrogens with zero attached hydrogens (tertiary/aromatic N) is 2. The molecule has 24 heavy (non-hydrogen) atoms.